The summed E-state index contributed by atoms with van der Waals surface area (Å²) in [5.41, 5.74) is -1.48. The van der Waals surface area contributed by atoms with Crippen LogP contribution < -0.4 is 9.47 Å². The van der Waals surface area contributed by atoms with E-state index in [0.29, 0.717) is 6.07 Å². The van der Waals surface area contributed by atoms with Gasteiger partial charge in [0, 0.05) is 9.64 Å². The lowest BCUT2D eigenvalue weighted by Gasteiger charge is -2.18. The molecule has 0 bridgehead atoms. The predicted octanol–water partition coefficient (Wildman–Crippen LogP) is 4.61. The van der Waals surface area contributed by atoms with Gasteiger partial charge < -0.3 is 9.47 Å². The van der Waals surface area contributed by atoms with Gasteiger partial charge >= 0.3 is 12.5 Å². The largest absolute Gasteiger partial charge is 0.573 e. The van der Waals surface area contributed by atoms with Crippen LogP contribution in [0.5, 0.6) is 11.5 Å². The number of benzene rings is 1. The standard InChI is InChI=1S/C10H7F6IO2/c1-2-18-5-3-6(17)8(9(11,12)13)7(4-5)19-10(14,15)16/h3-4H,2H2,1H3. The highest BCUT2D eigenvalue weighted by molar-refractivity contribution is 14.1. The third-order valence-corrected chi connectivity index (χ3v) is 2.70. The van der Waals surface area contributed by atoms with Gasteiger partial charge in [0.2, 0.25) is 0 Å². The molecule has 1 aromatic rings. The van der Waals surface area contributed by atoms with Crippen LogP contribution in [0.15, 0.2) is 12.1 Å². The Kier molecular flexibility index (Phi) is 4.80. The Labute approximate surface area is 117 Å². The molecule has 0 radical (unpaired) electrons. The molecule has 0 spiro atoms. The lowest BCUT2D eigenvalue weighted by atomic mass is 10.2. The Balaban J connectivity index is 3.36. The van der Waals surface area contributed by atoms with E-state index < -0.39 is 27.4 Å². The van der Waals surface area contributed by atoms with Crippen LogP contribution in [0.1, 0.15) is 12.5 Å². The molecule has 0 aromatic heterocycles. The van der Waals surface area contributed by atoms with Crippen molar-refractivity contribution in [3.63, 3.8) is 0 Å². The van der Waals surface area contributed by atoms with Crippen LogP contribution in [-0.4, -0.2) is 13.0 Å². The second kappa shape index (κ2) is 5.63. The molecule has 9 heteroatoms. The molecule has 0 N–H and O–H groups in total. The van der Waals surface area contributed by atoms with E-state index in [1.807, 2.05) is 0 Å². The fourth-order valence-corrected chi connectivity index (χ4v) is 2.17. The van der Waals surface area contributed by atoms with E-state index in [-0.39, 0.29) is 12.4 Å². The molecule has 0 fully saturated rings. The summed E-state index contributed by atoms with van der Waals surface area (Å²) in [4.78, 5) is 0. The summed E-state index contributed by atoms with van der Waals surface area (Å²) in [5, 5.41) is 0. The Morgan fingerprint density at radius 1 is 1.11 bits per heavy atom. The van der Waals surface area contributed by atoms with Crippen molar-refractivity contribution in [2.75, 3.05) is 6.61 Å². The highest BCUT2D eigenvalue weighted by atomic mass is 127. The van der Waals surface area contributed by atoms with Gasteiger partial charge in [-0.25, -0.2) is 0 Å². The van der Waals surface area contributed by atoms with E-state index >= 15 is 0 Å². The van der Waals surface area contributed by atoms with Gasteiger partial charge in [-0.2, -0.15) is 13.2 Å². The average molecular weight is 400 g/mol. The zero-order valence-corrected chi connectivity index (χ0v) is 11.5. The van der Waals surface area contributed by atoms with Crippen LogP contribution in [0.4, 0.5) is 26.3 Å². The molecular weight excluding hydrogens is 393 g/mol. The van der Waals surface area contributed by atoms with E-state index in [1.54, 1.807) is 6.92 Å². The summed E-state index contributed by atoms with van der Waals surface area (Å²) in [7, 11) is 0. The maximum atomic E-state index is 12.7. The minimum Gasteiger partial charge on any atom is -0.494 e. The van der Waals surface area contributed by atoms with Crippen LogP contribution in [0.2, 0.25) is 0 Å². The first kappa shape index (κ1) is 16.2. The number of rotatable bonds is 3. The van der Waals surface area contributed by atoms with E-state index in [4.69, 9.17) is 4.74 Å². The van der Waals surface area contributed by atoms with E-state index in [9.17, 15) is 26.3 Å². The Morgan fingerprint density at radius 2 is 1.68 bits per heavy atom. The van der Waals surface area contributed by atoms with Gasteiger partial charge in [-0.3, -0.25) is 0 Å². The molecular formula is C10H7F6IO2. The number of ether oxygens (including phenoxy) is 2. The molecule has 0 heterocycles. The highest BCUT2D eigenvalue weighted by Crippen LogP contribution is 2.43. The summed E-state index contributed by atoms with van der Waals surface area (Å²) < 4.78 is 82.4. The summed E-state index contributed by atoms with van der Waals surface area (Å²) in [6.45, 7) is 1.65. The molecule has 0 atom stereocenters. The van der Waals surface area contributed by atoms with Gasteiger partial charge in [0.25, 0.3) is 0 Å². The van der Waals surface area contributed by atoms with Crippen molar-refractivity contribution >= 4 is 22.6 Å². The highest BCUT2D eigenvalue weighted by Gasteiger charge is 2.41. The van der Waals surface area contributed by atoms with Gasteiger partial charge in [0.05, 0.1) is 6.61 Å². The van der Waals surface area contributed by atoms with Crippen LogP contribution in [-0.2, 0) is 6.18 Å². The van der Waals surface area contributed by atoms with Gasteiger partial charge in [-0.15, -0.1) is 13.2 Å². The molecule has 0 amide bonds. The third kappa shape index (κ3) is 4.62. The minimum absolute atomic E-state index is 0.104. The molecule has 1 rings (SSSR count). The molecule has 0 saturated heterocycles. The van der Waals surface area contributed by atoms with Gasteiger partial charge in [-0.05, 0) is 35.6 Å². The molecule has 2 nitrogen and oxygen atoms in total. The van der Waals surface area contributed by atoms with Gasteiger partial charge in [0.1, 0.15) is 17.1 Å². The Bertz CT molecular complexity index is 455. The first-order valence-electron chi connectivity index (χ1n) is 4.84. The number of alkyl halides is 6. The van der Waals surface area contributed by atoms with E-state index in [1.165, 1.54) is 22.6 Å². The minimum atomic E-state index is -5.21. The van der Waals surface area contributed by atoms with Crippen molar-refractivity contribution in [2.24, 2.45) is 0 Å². The van der Waals surface area contributed by atoms with Crippen molar-refractivity contribution < 1.29 is 35.8 Å². The van der Waals surface area contributed by atoms with Crippen LogP contribution in [0.3, 0.4) is 0 Å². The quantitative estimate of drug-likeness (QED) is 0.545. The van der Waals surface area contributed by atoms with E-state index in [0.717, 1.165) is 6.07 Å². The first-order valence-corrected chi connectivity index (χ1v) is 5.91. The second-order valence-electron chi connectivity index (χ2n) is 3.26. The maximum absolute atomic E-state index is 12.7. The molecule has 0 aliphatic carbocycles. The average Bonchev–Trinajstić information content (AvgIpc) is 2.11. The van der Waals surface area contributed by atoms with Crippen molar-refractivity contribution in [2.45, 2.75) is 19.5 Å². The molecule has 0 saturated carbocycles. The maximum Gasteiger partial charge on any atom is 0.573 e. The Morgan fingerprint density at radius 3 is 2.11 bits per heavy atom. The van der Waals surface area contributed by atoms with Crippen molar-refractivity contribution in [1.29, 1.82) is 0 Å². The number of halogens is 7. The number of hydrogen-bond acceptors (Lipinski definition) is 2. The predicted molar refractivity (Wildman–Crippen MR) is 62.0 cm³/mol. The van der Waals surface area contributed by atoms with Gasteiger partial charge in [0.15, 0.2) is 0 Å². The lowest BCUT2D eigenvalue weighted by molar-refractivity contribution is -0.276. The van der Waals surface area contributed by atoms with Crippen LogP contribution in [0, 0.1) is 3.57 Å². The zero-order chi connectivity index (χ0) is 14.8. The second-order valence-corrected chi connectivity index (χ2v) is 4.42. The summed E-state index contributed by atoms with van der Waals surface area (Å²) in [5.74, 6) is -1.45. The fourth-order valence-electron chi connectivity index (χ4n) is 1.29. The molecule has 0 unspecified atom stereocenters. The molecule has 0 aliphatic heterocycles. The Hall–Kier alpha value is -0.870. The smallest absolute Gasteiger partial charge is 0.494 e. The molecule has 19 heavy (non-hydrogen) atoms. The van der Waals surface area contributed by atoms with E-state index in [2.05, 4.69) is 4.74 Å². The zero-order valence-electron chi connectivity index (χ0n) is 9.32. The molecule has 108 valence electrons. The van der Waals surface area contributed by atoms with Crippen LogP contribution >= 0.6 is 22.6 Å². The lowest BCUT2D eigenvalue weighted by Crippen LogP contribution is -2.21. The fraction of sp³-hybridized carbons (Fsp3) is 0.400. The normalized spacial score (nSPS) is 12.4. The van der Waals surface area contributed by atoms with Crippen LogP contribution in [0.25, 0.3) is 0 Å². The van der Waals surface area contributed by atoms with Crippen molar-refractivity contribution in [3.8, 4) is 11.5 Å². The first-order chi connectivity index (χ1) is 8.54. The topological polar surface area (TPSA) is 18.5 Å². The SMILES string of the molecule is CCOc1cc(I)c(C(F)(F)F)c(OC(F)(F)F)c1. The van der Waals surface area contributed by atoms with Gasteiger partial charge in [-0.1, -0.05) is 0 Å². The number of hydrogen-bond donors (Lipinski definition) is 0. The molecule has 0 aliphatic rings. The van der Waals surface area contributed by atoms with Crippen molar-refractivity contribution in [1.82, 2.24) is 0 Å². The summed E-state index contributed by atoms with van der Waals surface area (Å²) in [6, 6.07) is 1.57. The van der Waals surface area contributed by atoms with Crippen molar-refractivity contribution in [3.05, 3.63) is 21.3 Å². The summed E-state index contributed by atoms with van der Waals surface area (Å²) in [6.07, 6.45) is -10.2. The molecule has 1 aromatic carbocycles. The monoisotopic (exact) mass is 400 g/mol. The third-order valence-electron chi connectivity index (χ3n) is 1.85. The summed E-state index contributed by atoms with van der Waals surface area (Å²) >= 11 is 1.28.